The summed E-state index contributed by atoms with van der Waals surface area (Å²) in [6, 6.07) is -1.33. The van der Waals surface area contributed by atoms with Gasteiger partial charge in [-0.05, 0) is 12.8 Å². The zero-order chi connectivity index (χ0) is 10.0. The minimum absolute atomic E-state index is 0.235. The molecule has 0 saturated carbocycles. The van der Waals surface area contributed by atoms with Gasteiger partial charge in [0, 0.05) is 0 Å². The van der Waals surface area contributed by atoms with E-state index in [-0.39, 0.29) is 12.8 Å². The molecule has 74 valence electrons. The van der Waals surface area contributed by atoms with Crippen molar-refractivity contribution in [3.05, 3.63) is 0 Å². The fourth-order valence-corrected chi connectivity index (χ4v) is 1.42. The molecule has 0 aromatic carbocycles. The zero-order valence-electron chi connectivity index (χ0n) is 7.06. The Kier molecular flexibility index (Phi) is 2.84. The van der Waals surface area contributed by atoms with Gasteiger partial charge in [-0.1, -0.05) is 0 Å². The molecular weight excluding hydrogens is 174 g/mol. The molecule has 1 aliphatic heterocycles. The Balaban J connectivity index is 2.62. The lowest BCUT2D eigenvalue weighted by molar-refractivity contribution is -0.125. The largest absolute Gasteiger partial charge is 0.393 e. The van der Waals surface area contributed by atoms with Crippen LogP contribution in [-0.4, -0.2) is 35.1 Å². The number of aliphatic hydroxyl groups is 1. The van der Waals surface area contributed by atoms with Gasteiger partial charge in [-0.15, -0.1) is 0 Å². The molecule has 1 heterocycles. The summed E-state index contributed by atoms with van der Waals surface area (Å²) in [5, 5.41) is 12.0. The van der Waals surface area contributed by atoms with E-state index < -0.39 is 30.0 Å². The fourth-order valence-electron chi connectivity index (χ4n) is 1.42. The van der Waals surface area contributed by atoms with E-state index in [9.17, 15) is 14.7 Å². The van der Waals surface area contributed by atoms with Gasteiger partial charge < -0.3 is 16.6 Å². The molecule has 0 aromatic rings. The predicted molar refractivity (Wildman–Crippen MR) is 44.3 cm³/mol. The van der Waals surface area contributed by atoms with Gasteiger partial charge in [0.25, 0.3) is 0 Å². The van der Waals surface area contributed by atoms with Gasteiger partial charge in [-0.3, -0.25) is 14.9 Å². The van der Waals surface area contributed by atoms with Gasteiger partial charge >= 0.3 is 0 Å². The number of piperidine rings is 1. The molecule has 0 unspecified atom stereocenters. The first-order chi connectivity index (χ1) is 6.00. The van der Waals surface area contributed by atoms with E-state index in [1.165, 1.54) is 0 Å². The highest BCUT2D eigenvalue weighted by atomic mass is 16.3. The van der Waals surface area contributed by atoms with Gasteiger partial charge in [0.1, 0.15) is 0 Å². The minimum atomic E-state index is -0.698. The van der Waals surface area contributed by atoms with Crippen LogP contribution in [0.3, 0.4) is 0 Å². The molecule has 1 rings (SSSR count). The Morgan fingerprint density at radius 3 is 1.85 bits per heavy atom. The van der Waals surface area contributed by atoms with Gasteiger partial charge in [-0.25, -0.2) is 0 Å². The van der Waals surface area contributed by atoms with Gasteiger partial charge in [0.15, 0.2) is 0 Å². The third-order valence-corrected chi connectivity index (χ3v) is 2.10. The first-order valence-electron chi connectivity index (χ1n) is 4.03. The van der Waals surface area contributed by atoms with Crippen LogP contribution in [0.2, 0.25) is 0 Å². The van der Waals surface area contributed by atoms with Crippen LogP contribution in [0.5, 0.6) is 0 Å². The Bertz CT molecular complexity index is 209. The maximum Gasteiger partial charge on any atom is 0.234 e. The number of nitrogens with two attached hydrogens (primary N) is 2. The van der Waals surface area contributed by atoms with Crippen molar-refractivity contribution >= 4 is 11.8 Å². The molecule has 0 aliphatic carbocycles. The lowest BCUT2D eigenvalue weighted by Crippen LogP contribution is -2.57. The predicted octanol–water partition coefficient (Wildman–Crippen LogP) is -2.56. The molecule has 2 atom stereocenters. The van der Waals surface area contributed by atoms with Crippen LogP contribution in [0.25, 0.3) is 0 Å². The number of amides is 2. The number of primary amides is 2. The molecule has 1 saturated heterocycles. The molecule has 0 bridgehead atoms. The average Bonchev–Trinajstić information content (AvgIpc) is 2.03. The Labute approximate surface area is 75.3 Å². The Morgan fingerprint density at radius 1 is 1.15 bits per heavy atom. The van der Waals surface area contributed by atoms with Crippen molar-refractivity contribution in [2.75, 3.05) is 0 Å². The average molecular weight is 187 g/mol. The standard InChI is InChI=1S/C7H13N3O3/c8-6(12)4-1-3(11)2-5(10-4)7(9)13/h3-5,10-11H,1-2H2,(H2,8,12)(H2,9,13)/t4-,5-/m0/s1. The van der Waals surface area contributed by atoms with E-state index in [0.29, 0.717) is 0 Å². The summed E-state index contributed by atoms with van der Waals surface area (Å²) in [6.07, 6.45) is -0.227. The van der Waals surface area contributed by atoms with Gasteiger partial charge in [0.2, 0.25) is 11.8 Å². The number of nitrogens with one attached hydrogen (secondary N) is 1. The monoisotopic (exact) mass is 187 g/mol. The second-order valence-corrected chi connectivity index (χ2v) is 3.20. The number of hydrogen-bond acceptors (Lipinski definition) is 4. The Hall–Kier alpha value is -1.14. The second kappa shape index (κ2) is 3.71. The summed E-state index contributed by atoms with van der Waals surface area (Å²) in [4.78, 5) is 21.5. The van der Waals surface area contributed by atoms with Crippen LogP contribution < -0.4 is 16.8 Å². The SMILES string of the molecule is NC(=O)[C@@H]1CC(O)C[C@@H](C(N)=O)N1. The molecule has 0 aromatic heterocycles. The molecule has 13 heavy (non-hydrogen) atoms. The normalized spacial score (nSPS) is 34.1. The first kappa shape index (κ1) is 9.94. The molecule has 6 N–H and O–H groups in total. The summed E-state index contributed by atoms with van der Waals surface area (Å²) in [6.45, 7) is 0. The molecule has 0 radical (unpaired) electrons. The fraction of sp³-hybridized carbons (Fsp3) is 0.714. The second-order valence-electron chi connectivity index (χ2n) is 3.20. The molecule has 6 nitrogen and oxygen atoms in total. The summed E-state index contributed by atoms with van der Waals surface area (Å²) < 4.78 is 0. The van der Waals surface area contributed by atoms with E-state index in [2.05, 4.69) is 5.32 Å². The van der Waals surface area contributed by atoms with Gasteiger partial charge in [-0.2, -0.15) is 0 Å². The number of carbonyl (C=O) groups is 2. The van der Waals surface area contributed by atoms with Crippen molar-refractivity contribution in [2.24, 2.45) is 11.5 Å². The van der Waals surface area contributed by atoms with Crippen molar-refractivity contribution in [1.82, 2.24) is 5.32 Å². The lowest BCUT2D eigenvalue weighted by atomic mass is 9.95. The molecular formula is C7H13N3O3. The van der Waals surface area contributed by atoms with Crippen LogP contribution in [0, 0.1) is 0 Å². The van der Waals surface area contributed by atoms with Crippen molar-refractivity contribution < 1.29 is 14.7 Å². The molecule has 2 amide bonds. The highest BCUT2D eigenvalue weighted by Gasteiger charge is 2.32. The summed E-state index contributed by atoms with van der Waals surface area (Å²) in [5.74, 6) is -1.16. The van der Waals surface area contributed by atoms with E-state index in [4.69, 9.17) is 11.5 Å². The summed E-state index contributed by atoms with van der Waals surface area (Å²) in [7, 11) is 0. The number of carbonyl (C=O) groups excluding carboxylic acids is 2. The summed E-state index contributed by atoms with van der Waals surface area (Å²) in [5.41, 5.74) is 10.1. The molecule has 1 fully saturated rings. The molecule has 6 heteroatoms. The lowest BCUT2D eigenvalue weighted by Gasteiger charge is -2.30. The van der Waals surface area contributed by atoms with E-state index in [1.54, 1.807) is 0 Å². The molecule has 1 aliphatic rings. The maximum absolute atomic E-state index is 10.8. The smallest absolute Gasteiger partial charge is 0.234 e. The van der Waals surface area contributed by atoms with Crippen molar-refractivity contribution in [3.8, 4) is 0 Å². The third kappa shape index (κ3) is 2.40. The van der Waals surface area contributed by atoms with Crippen molar-refractivity contribution in [2.45, 2.75) is 31.0 Å². The van der Waals surface area contributed by atoms with E-state index in [1.807, 2.05) is 0 Å². The van der Waals surface area contributed by atoms with Crippen LogP contribution in [-0.2, 0) is 9.59 Å². The van der Waals surface area contributed by atoms with Crippen LogP contribution >= 0.6 is 0 Å². The number of aliphatic hydroxyl groups excluding tert-OH is 1. The summed E-state index contributed by atoms with van der Waals surface area (Å²) >= 11 is 0. The zero-order valence-corrected chi connectivity index (χ0v) is 7.06. The first-order valence-corrected chi connectivity index (χ1v) is 4.03. The van der Waals surface area contributed by atoms with E-state index >= 15 is 0 Å². The number of rotatable bonds is 2. The molecule has 0 spiro atoms. The van der Waals surface area contributed by atoms with Crippen LogP contribution in [0.4, 0.5) is 0 Å². The third-order valence-electron chi connectivity index (χ3n) is 2.10. The van der Waals surface area contributed by atoms with Crippen molar-refractivity contribution in [3.63, 3.8) is 0 Å². The van der Waals surface area contributed by atoms with E-state index in [0.717, 1.165) is 0 Å². The minimum Gasteiger partial charge on any atom is -0.393 e. The van der Waals surface area contributed by atoms with Crippen LogP contribution in [0.1, 0.15) is 12.8 Å². The highest BCUT2D eigenvalue weighted by molar-refractivity contribution is 5.84. The highest BCUT2D eigenvalue weighted by Crippen LogP contribution is 2.13. The van der Waals surface area contributed by atoms with Crippen LogP contribution in [0.15, 0.2) is 0 Å². The van der Waals surface area contributed by atoms with Gasteiger partial charge in [0.05, 0.1) is 18.2 Å². The Morgan fingerprint density at radius 2 is 1.54 bits per heavy atom. The van der Waals surface area contributed by atoms with Crippen molar-refractivity contribution in [1.29, 1.82) is 0 Å². The quantitative estimate of drug-likeness (QED) is 0.380. The maximum atomic E-state index is 10.8. The number of hydrogen-bond donors (Lipinski definition) is 4. The topological polar surface area (TPSA) is 118 Å².